The van der Waals surface area contributed by atoms with Crippen LogP contribution in [0.5, 0.6) is 0 Å². The Kier molecular flexibility index (Phi) is 2.76. The van der Waals surface area contributed by atoms with Crippen molar-refractivity contribution in [1.82, 2.24) is 9.55 Å². The van der Waals surface area contributed by atoms with Gasteiger partial charge < -0.3 is 15.6 Å². The molecule has 0 unspecified atom stereocenters. The second-order valence-electron chi connectivity index (χ2n) is 3.58. The second kappa shape index (κ2) is 4.22. The Morgan fingerprint density at radius 2 is 2.25 bits per heavy atom. The lowest BCUT2D eigenvalue weighted by Gasteiger charge is -2.07. The Morgan fingerprint density at radius 1 is 1.44 bits per heavy atom. The summed E-state index contributed by atoms with van der Waals surface area (Å²) in [5.74, 6) is 0.533. The van der Waals surface area contributed by atoms with Gasteiger partial charge in [0.1, 0.15) is 11.6 Å². The quantitative estimate of drug-likeness (QED) is 0.775. The van der Waals surface area contributed by atoms with Crippen LogP contribution in [0.1, 0.15) is 5.82 Å². The molecule has 0 bridgehead atoms. The van der Waals surface area contributed by atoms with E-state index >= 15 is 0 Å². The van der Waals surface area contributed by atoms with Crippen LogP contribution in [0.3, 0.4) is 0 Å². The van der Waals surface area contributed by atoms with E-state index in [0.717, 1.165) is 5.82 Å². The highest BCUT2D eigenvalue weighted by Crippen LogP contribution is 2.15. The van der Waals surface area contributed by atoms with Crippen LogP contribution in [0.2, 0.25) is 0 Å². The summed E-state index contributed by atoms with van der Waals surface area (Å²) in [6, 6.07) is 4.37. The van der Waals surface area contributed by atoms with E-state index in [0.29, 0.717) is 17.9 Å². The molecule has 4 nitrogen and oxygen atoms in total. The van der Waals surface area contributed by atoms with Crippen molar-refractivity contribution in [2.45, 2.75) is 6.54 Å². The van der Waals surface area contributed by atoms with Crippen molar-refractivity contribution in [2.75, 3.05) is 11.1 Å². The average Bonchev–Trinajstić information content (AvgIpc) is 2.59. The van der Waals surface area contributed by atoms with Gasteiger partial charge in [0.05, 0.1) is 6.54 Å². The first-order valence-electron chi connectivity index (χ1n) is 4.91. The summed E-state index contributed by atoms with van der Waals surface area (Å²) in [7, 11) is 1.91. The summed E-state index contributed by atoms with van der Waals surface area (Å²) in [5.41, 5.74) is 6.60. The summed E-state index contributed by atoms with van der Waals surface area (Å²) in [4.78, 5) is 4.15. The molecule has 0 aliphatic rings. The molecule has 1 aromatic carbocycles. The van der Waals surface area contributed by atoms with Gasteiger partial charge in [0.2, 0.25) is 0 Å². The van der Waals surface area contributed by atoms with Gasteiger partial charge in [0, 0.05) is 30.8 Å². The zero-order chi connectivity index (χ0) is 11.5. The highest BCUT2D eigenvalue weighted by molar-refractivity contribution is 5.54. The van der Waals surface area contributed by atoms with Gasteiger partial charge in [-0.3, -0.25) is 0 Å². The van der Waals surface area contributed by atoms with Crippen molar-refractivity contribution >= 4 is 11.4 Å². The van der Waals surface area contributed by atoms with E-state index in [2.05, 4.69) is 10.3 Å². The Balaban J connectivity index is 2.07. The molecule has 0 atom stereocenters. The highest BCUT2D eigenvalue weighted by Gasteiger charge is 2.01. The van der Waals surface area contributed by atoms with E-state index in [4.69, 9.17) is 5.73 Å². The van der Waals surface area contributed by atoms with Crippen molar-refractivity contribution in [3.63, 3.8) is 0 Å². The fraction of sp³-hybridized carbons (Fsp3) is 0.182. The number of aryl methyl sites for hydroxylation is 1. The third-order valence-corrected chi connectivity index (χ3v) is 2.29. The number of imidazole rings is 1. The minimum absolute atomic E-state index is 0.345. The molecule has 5 heteroatoms. The first-order chi connectivity index (χ1) is 7.65. The molecule has 0 saturated carbocycles. The van der Waals surface area contributed by atoms with E-state index in [1.807, 2.05) is 17.8 Å². The Bertz CT molecular complexity index is 472. The van der Waals surface area contributed by atoms with Crippen LogP contribution in [0.4, 0.5) is 15.8 Å². The number of benzene rings is 1. The van der Waals surface area contributed by atoms with Crippen molar-refractivity contribution in [1.29, 1.82) is 0 Å². The molecule has 16 heavy (non-hydrogen) atoms. The summed E-state index contributed by atoms with van der Waals surface area (Å²) >= 11 is 0. The number of anilines is 2. The standard InChI is InChI=1S/C11H13FN4/c1-16-3-2-14-11(16)7-15-10-5-8(12)4-9(13)6-10/h2-6,15H,7,13H2,1H3. The van der Waals surface area contributed by atoms with Crippen LogP contribution in [-0.4, -0.2) is 9.55 Å². The van der Waals surface area contributed by atoms with Gasteiger partial charge in [0.25, 0.3) is 0 Å². The van der Waals surface area contributed by atoms with Gasteiger partial charge in [0.15, 0.2) is 0 Å². The molecule has 0 saturated heterocycles. The minimum Gasteiger partial charge on any atom is -0.399 e. The SMILES string of the molecule is Cn1ccnc1CNc1cc(N)cc(F)c1. The molecule has 0 radical (unpaired) electrons. The maximum atomic E-state index is 13.0. The topological polar surface area (TPSA) is 55.9 Å². The van der Waals surface area contributed by atoms with Crippen molar-refractivity contribution in [2.24, 2.45) is 7.05 Å². The predicted octanol–water partition coefficient (Wildman–Crippen LogP) is 1.75. The Morgan fingerprint density at radius 3 is 2.88 bits per heavy atom. The summed E-state index contributed by atoms with van der Waals surface area (Å²) in [6.07, 6.45) is 3.58. The molecule has 3 N–H and O–H groups in total. The minimum atomic E-state index is -0.345. The Labute approximate surface area is 92.9 Å². The fourth-order valence-electron chi connectivity index (χ4n) is 1.46. The molecule has 0 aliphatic carbocycles. The Hall–Kier alpha value is -2.04. The van der Waals surface area contributed by atoms with Crippen LogP contribution in [0.15, 0.2) is 30.6 Å². The van der Waals surface area contributed by atoms with E-state index in [1.165, 1.54) is 12.1 Å². The van der Waals surface area contributed by atoms with E-state index in [9.17, 15) is 4.39 Å². The average molecular weight is 220 g/mol. The number of rotatable bonds is 3. The maximum Gasteiger partial charge on any atom is 0.127 e. The van der Waals surface area contributed by atoms with Gasteiger partial charge >= 0.3 is 0 Å². The number of halogens is 1. The van der Waals surface area contributed by atoms with Crippen LogP contribution in [0, 0.1) is 5.82 Å². The molecule has 2 rings (SSSR count). The smallest absolute Gasteiger partial charge is 0.127 e. The molecular weight excluding hydrogens is 207 g/mol. The molecule has 0 amide bonds. The highest BCUT2D eigenvalue weighted by atomic mass is 19.1. The van der Waals surface area contributed by atoms with Gasteiger partial charge in [-0.25, -0.2) is 9.37 Å². The van der Waals surface area contributed by atoms with E-state index < -0.39 is 0 Å². The third-order valence-electron chi connectivity index (χ3n) is 2.29. The van der Waals surface area contributed by atoms with Crippen LogP contribution in [-0.2, 0) is 13.6 Å². The molecule has 0 spiro atoms. The van der Waals surface area contributed by atoms with Crippen molar-refractivity contribution < 1.29 is 4.39 Å². The van der Waals surface area contributed by atoms with E-state index in [-0.39, 0.29) is 5.82 Å². The summed E-state index contributed by atoms with van der Waals surface area (Å²) in [6.45, 7) is 0.534. The monoisotopic (exact) mass is 220 g/mol. The second-order valence-corrected chi connectivity index (χ2v) is 3.58. The molecule has 0 fully saturated rings. The molecule has 84 valence electrons. The number of nitrogens with two attached hydrogens (primary N) is 1. The number of hydrogen-bond acceptors (Lipinski definition) is 3. The third kappa shape index (κ3) is 2.31. The molecule has 1 aromatic heterocycles. The largest absolute Gasteiger partial charge is 0.399 e. The number of nitrogens with one attached hydrogen (secondary N) is 1. The van der Waals surface area contributed by atoms with Gasteiger partial charge in [-0.15, -0.1) is 0 Å². The van der Waals surface area contributed by atoms with Crippen molar-refractivity contribution in [3.8, 4) is 0 Å². The normalized spacial score (nSPS) is 10.4. The first-order valence-corrected chi connectivity index (χ1v) is 4.91. The molecule has 2 aromatic rings. The van der Waals surface area contributed by atoms with Crippen LogP contribution < -0.4 is 11.1 Å². The lowest BCUT2D eigenvalue weighted by atomic mass is 10.2. The lowest BCUT2D eigenvalue weighted by Crippen LogP contribution is -2.06. The van der Waals surface area contributed by atoms with Gasteiger partial charge in [-0.05, 0) is 18.2 Å². The number of nitrogens with zero attached hydrogens (tertiary/aromatic N) is 2. The first kappa shape index (κ1) is 10.5. The lowest BCUT2D eigenvalue weighted by molar-refractivity contribution is 0.629. The molecule has 1 heterocycles. The maximum absolute atomic E-state index is 13.0. The number of aromatic nitrogens is 2. The van der Waals surface area contributed by atoms with Gasteiger partial charge in [-0.2, -0.15) is 0 Å². The summed E-state index contributed by atoms with van der Waals surface area (Å²) < 4.78 is 14.9. The molecular formula is C11H13FN4. The number of nitrogen functional groups attached to an aromatic ring is 1. The zero-order valence-corrected chi connectivity index (χ0v) is 8.94. The van der Waals surface area contributed by atoms with E-state index in [1.54, 1.807) is 12.3 Å². The zero-order valence-electron chi connectivity index (χ0n) is 8.94. The molecule has 0 aliphatic heterocycles. The number of hydrogen-bond donors (Lipinski definition) is 2. The summed E-state index contributed by atoms with van der Waals surface area (Å²) in [5, 5.41) is 3.07. The van der Waals surface area contributed by atoms with Gasteiger partial charge in [-0.1, -0.05) is 0 Å². The van der Waals surface area contributed by atoms with Crippen LogP contribution >= 0.6 is 0 Å². The van der Waals surface area contributed by atoms with Crippen LogP contribution in [0.25, 0.3) is 0 Å². The predicted molar refractivity (Wildman–Crippen MR) is 61.3 cm³/mol. The van der Waals surface area contributed by atoms with Crippen molar-refractivity contribution in [3.05, 3.63) is 42.2 Å². The fourth-order valence-corrected chi connectivity index (χ4v) is 1.46.